The predicted molar refractivity (Wildman–Crippen MR) is 81.7 cm³/mol. The first-order valence-electron chi connectivity index (χ1n) is 6.98. The molecule has 2 rings (SSSR count). The lowest BCUT2D eigenvalue weighted by Crippen LogP contribution is -2.12. The lowest BCUT2D eigenvalue weighted by molar-refractivity contribution is 0.0325. The molecule has 7 heteroatoms. The van der Waals surface area contributed by atoms with E-state index >= 15 is 0 Å². The Kier molecular flexibility index (Phi) is 4.73. The van der Waals surface area contributed by atoms with E-state index in [2.05, 4.69) is 0 Å². The van der Waals surface area contributed by atoms with E-state index in [1.54, 1.807) is 0 Å². The van der Waals surface area contributed by atoms with Crippen molar-refractivity contribution in [3.8, 4) is 11.5 Å². The number of hydrogen-bond acceptors (Lipinski definition) is 5. The fourth-order valence-corrected chi connectivity index (χ4v) is 2.30. The Balaban J connectivity index is 2.34. The number of aromatic carboxylic acids is 1. The molecule has 24 heavy (non-hydrogen) atoms. The number of rotatable bonds is 4. The molecule has 0 spiro atoms. The molecule has 0 saturated heterocycles. The van der Waals surface area contributed by atoms with Crippen molar-refractivity contribution < 1.29 is 34.0 Å². The minimum Gasteiger partial charge on any atom is -0.507 e. The van der Waals surface area contributed by atoms with Crippen molar-refractivity contribution in [2.45, 2.75) is 20.0 Å². The van der Waals surface area contributed by atoms with Crippen LogP contribution in [-0.4, -0.2) is 27.3 Å². The van der Waals surface area contributed by atoms with E-state index in [9.17, 15) is 24.2 Å². The van der Waals surface area contributed by atoms with Crippen LogP contribution in [0.1, 0.15) is 44.9 Å². The third kappa shape index (κ3) is 3.15. The summed E-state index contributed by atoms with van der Waals surface area (Å²) in [5.41, 5.74) is -0.533. The molecular formula is C17H15FO6. The Morgan fingerprint density at radius 3 is 2.38 bits per heavy atom. The number of phenolic OH excluding ortho intramolecular Hbond substituents is 1. The lowest BCUT2D eigenvalue weighted by atomic mass is 10.0. The largest absolute Gasteiger partial charge is 0.507 e. The van der Waals surface area contributed by atoms with Gasteiger partial charge in [-0.05, 0) is 31.5 Å². The van der Waals surface area contributed by atoms with Gasteiger partial charge in [0, 0.05) is 5.56 Å². The molecule has 0 amide bonds. The summed E-state index contributed by atoms with van der Waals surface area (Å²) in [6.07, 6.45) is -1.06. The van der Waals surface area contributed by atoms with Crippen molar-refractivity contribution in [2.24, 2.45) is 0 Å². The van der Waals surface area contributed by atoms with Gasteiger partial charge in [-0.3, -0.25) is 0 Å². The number of aromatic hydroxyl groups is 2. The summed E-state index contributed by atoms with van der Waals surface area (Å²) >= 11 is 0. The molecule has 0 aliphatic rings. The molecule has 0 aliphatic carbocycles. The van der Waals surface area contributed by atoms with Crippen LogP contribution in [0.3, 0.4) is 0 Å². The van der Waals surface area contributed by atoms with E-state index in [0.717, 1.165) is 12.1 Å². The standard InChI is InChI=1S/C17H15FO6/c1-8-6-7-10(15(20)13(8)16(21)22)9(2)24-17(23)14-11(18)4-3-5-12(14)19/h3-7,9,19-20H,1-2H3,(H,21,22). The quantitative estimate of drug-likeness (QED) is 0.742. The fourth-order valence-electron chi connectivity index (χ4n) is 2.30. The normalized spacial score (nSPS) is 11.8. The number of phenols is 2. The molecule has 1 unspecified atom stereocenters. The molecule has 0 heterocycles. The molecule has 6 nitrogen and oxygen atoms in total. The molecule has 2 aromatic rings. The maximum atomic E-state index is 13.7. The number of carbonyl (C=O) groups excluding carboxylic acids is 1. The van der Waals surface area contributed by atoms with Gasteiger partial charge in [0.2, 0.25) is 0 Å². The third-order valence-corrected chi connectivity index (χ3v) is 3.55. The van der Waals surface area contributed by atoms with Gasteiger partial charge in [0.25, 0.3) is 0 Å². The fraction of sp³-hybridized carbons (Fsp3) is 0.176. The van der Waals surface area contributed by atoms with Crippen molar-refractivity contribution in [2.75, 3.05) is 0 Å². The molecule has 2 aromatic carbocycles. The van der Waals surface area contributed by atoms with Gasteiger partial charge in [-0.15, -0.1) is 0 Å². The van der Waals surface area contributed by atoms with Gasteiger partial charge >= 0.3 is 11.9 Å². The topological polar surface area (TPSA) is 104 Å². The van der Waals surface area contributed by atoms with E-state index in [-0.39, 0.29) is 11.1 Å². The van der Waals surface area contributed by atoms with Crippen LogP contribution in [0.2, 0.25) is 0 Å². The molecular weight excluding hydrogens is 319 g/mol. The number of carboxylic acids is 1. The van der Waals surface area contributed by atoms with Crippen LogP contribution >= 0.6 is 0 Å². The summed E-state index contributed by atoms with van der Waals surface area (Å²) in [5.74, 6) is -4.51. The molecule has 0 radical (unpaired) electrons. The van der Waals surface area contributed by atoms with Gasteiger partial charge in [-0.25, -0.2) is 14.0 Å². The van der Waals surface area contributed by atoms with E-state index in [0.29, 0.717) is 5.56 Å². The predicted octanol–water partition coefficient (Wildman–Crippen LogP) is 3.16. The summed E-state index contributed by atoms with van der Waals surface area (Å²) in [6, 6.07) is 6.23. The molecule has 0 saturated carbocycles. The Hall–Kier alpha value is -3.09. The number of benzene rings is 2. The molecule has 126 valence electrons. The minimum absolute atomic E-state index is 0.0576. The van der Waals surface area contributed by atoms with Crippen molar-refractivity contribution >= 4 is 11.9 Å². The number of ether oxygens (including phenoxy) is 1. The van der Waals surface area contributed by atoms with Crippen LogP contribution in [0.15, 0.2) is 30.3 Å². The Labute approximate surface area is 136 Å². The highest BCUT2D eigenvalue weighted by molar-refractivity contribution is 5.94. The van der Waals surface area contributed by atoms with Crippen LogP contribution < -0.4 is 0 Å². The summed E-state index contributed by atoms with van der Waals surface area (Å²) < 4.78 is 18.7. The van der Waals surface area contributed by atoms with Gasteiger partial charge in [0.1, 0.15) is 34.5 Å². The van der Waals surface area contributed by atoms with Crippen molar-refractivity contribution in [3.05, 3.63) is 58.4 Å². The van der Waals surface area contributed by atoms with Crippen molar-refractivity contribution in [1.29, 1.82) is 0 Å². The number of esters is 1. The molecule has 3 N–H and O–H groups in total. The highest BCUT2D eigenvalue weighted by Gasteiger charge is 2.25. The molecule has 0 aliphatic heterocycles. The van der Waals surface area contributed by atoms with Gasteiger partial charge in [0.15, 0.2) is 0 Å². The average molecular weight is 334 g/mol. The second-order valence-corrected chi connectivity index (χ2v) is 5.18. The monoisotopic (exact) mass is 334 g/mol. The third-order valence-electron chi connectivity index (χ3n) is 3.55. The van der Waals surface area contributed by atoms with Crippen LogP contribution in [0.25, 0.3) is 0 Å². The van der Waals surface area contributed by atoms with Crippen LogP contribution in [0, 0.1) is 12.7 Å². The highest BCUT2D eigenvalue weighted by Crippen LogP contribution is 2.33. The number of hydrogen-bond donors (Lipinski definition) is 3. The number of halogens is 1. The first-order valence-corrected chi connectivity index (χ1v) is 6.98. The SMILES string of the molecule is Cc1ccc(C(C)OC(=O)c2c(O)cccc2F)c(O)c1C(=O)O. The summed E-state index contributed by atoms with van der Waals surface area (Å²) in [5, 5.41) is 28.8. The van der Waals surface area contributed by atoms with Crippen LogP contribution in [0.4, 0.5) is 4.39 Å². The molecule has 0 fully saturated rings. The molecule has 0 aromatic heterocycles. The minimum atomic E-state index is -1.32. The Bertz CT molecular complexity index is 795. The van der Waals surface area contributed by atoms with Crippen molar-refractivity contribution in [3.63, 3.8) is 0 Å². The van der Waals surface area contributed by atoms with Gasteiger partial charge in [-0.2, -0.15) is 0 Å². The smallest absolute Gasteiger partial charge is 0.345 e. The Morgan fingerprint density at radius 1 is 1.12 bits per heavy atom. The van der Waals surface area contributed by atoms with Crippen molar-refractivity contribution in [1.82, 2.24) is 0 Å². The number of carboxylic acid groups (broad SMARTS) is 1. The van der Waals surface area contributed by atoms with Gasteiger partial charge in [-0.1, -0.05) is 18.2 Å². The van der Waals surface area contributed by atoms with E-state index in [4.69, 9.17) is 9.84 Å². The zero-order chi connectivity index (χ0) is 18.0. The maximum absolute atomic E-state index is 13.7. The first kappa shape index (κ1) is 17.3. The molecule has 1 atom stereocenters. The summed E-state index contributed by atoms with van der Waals surface area (Å²) in [6.45, 7) is 2.91. The van der Waals surface area contributed by atoms with Crippen LogP contribution in [-0.2, 0) is 4.74 Å². The lowest BCUT2D eigenvalue weighted by Gasteiger charge is -2.17. The second-order valence-electron chi connectivity index (χ2n) is 5.18. The first-order chi connectivity index (χ1) is 11.2. The Morgan fingerprint density at radius 2 is 1.79 bits per heavy atom. The highest BCUT2D eigenvalue weighted by atomic mass is 19.1. The van der Waals surface area contributed by atoms with Gasteiger partial charge in [0.05, 0.1) is 0 Å². The molecule has 0 bridgehead atoms. The zero-order valence-corrected chi connectivity index (χ0v) is 12.9. The average Bonchev–Trinajstić information content (AvgIpc) is 2.46. The summed E-state index contributed by atoms with van der Waals surface area (Å²) in [7, 11) is 0. The number of carbonyl (C=O) groups is 2. The summed E-state index contributed by atoms with van der Waals surface area (Å²) in [4.78, 5) is 23.2. The number of aryl methyl sites for hydroxylation is 1. The van der Waals surface area contributed by atoms with E-state index in [1.807, 2.05) is 0 Å². The van der Waals surface area contributed by atoms with Crippen LogP contribution in [0.5, 0.6) is 11.5 Å². The van der Waals surface area contributed by atoms with Gasteiger partial charge < -0.3 is 20.1 Å². The second kappa shape index (κ2) is 6.57. The maximum Gasteiger partial charge on any atom is 0.345 e. The van der Waals surface area contributed by atoms with E-state index < -0.39 is 40.9 Å². The zero-order valence-electron chi connectivity index (χ0n) is 12.9. The van der Waals surface area contributed by atoms with E-state index in [1.165, 1.54) is 32.0 Å².